The largest absolute Gasteiger partial charge is 0.368 e. The summed E-state index contributed by atoms with van der Waals surface area (Å²) < 4.78 is 0. The minimum absolute atomic E-state index is 0.150. The molecule has 2 atom stereocenters. The van der Waals surface area contributed by atoms with Crippen molar-refractivity contribution in [3.8, 4) is 0 Å². The van der Waals surface area contributed by atoms with Crippen molar-refractivity contribution in [3.63, 3.8) is 0 Å². The summed E-state index contributed by atoms with van der Waals surface area (Å²) >= 11 is 0. The molecular formula is C12H17N3O3. The van der Waals surface area contributed by atoms with Gasteiger partial charge in [-0.25, -0.2) is 4.79 Å². The highest BCUT2D eigenvalue weighted by Gasteiger charge is 2.47. The number of urea groups is 1. The molecule has 1 saturated heterocycles. The summed E-state index contributed by atoms with van der Waals surface area (Å²) in [6.45, 7) is 6.17. The molecule has 2 heterocycles. The van der Waals surface area contributed by atoms with Crippen molar-refractivity contribution in [1.82, 2.24) is 9.96 Å². The molecule has 0 unspecified atom stereocenters. The number of primary amides is 1. The van der Waals surface area contributed by atoms with Gasteiger partial charge in [-0.3, -0.25) is 9.63 Å². The normalized spacial score (nSPS) is 26.3. The van der Waals surface area contributed by atoms with E-state index in [0.29, 0.717) is 13.0 Å². The second-order valence-electron chi connectivity index (χ2n) is 4.31. The predicted octanol–water partition coefficient (Wildman–Crippen LogP) is 0.414. The molecule has 3 amide bonds. The van der Waals surface area contributed by atoms with E-state index in [0.717, 1.165) is 5.57 Å². The van der Waals surface area contributed by atoms with E-state index in [4.69, 9.17) is 10.6 Å². The van der Waals surface area contributed by atoms with Gasteiger partial charge in [-0.1, -0.05) is 19.1 Å². The highest BCUT2D eigenvalue weighted by Crippen LogP contribution is 2.30. The van der Waals surface area contributed by atoms with Gasteiger partial charge in [0, 0.05) is 0 Å². The Morgan fingerprint density at radius 3 is 3.00 bits per heavy atom. The van der Waals surface area contributed by atoms with E-state index in [1.165, 1.54) is 9.96 Å². The van der Waals surface area contributed by atoms with Crippen molar-refractivity contribution in [2.75, 3.05) is 13.2 Å². The van der Waals surface area contributed by atoms with Gasteiger partial charge in [0.15, 0.2) is 0 Å². The number of nitrogens with two attached hydrogens (primary N) is 1. The Kier molecular flexibility index (Phi) is 3.38. The first-order valence-corrected chi connectivity index (χ1v) is 5.93. The molecule has 2 aliphatic heterocycles. The first-order chi connectivity index (χ1) is 8.60. The van der Waals surface area contributed by atoms with Crippen LogP contribution >= 0.6 is 0 Å². The topological polar surface area (TPSA) is 75.9 Å². The Bertz CT molecular complexity index is 419. The average molecular weight is 251 g/mol. The molecule has 98 valence electrons. The number of amides is 3. The second-order valence-corrected chi connectivity index (χ2v) is 4.31. The zero-order chi connectivity index (χ0) is 13.3. The summed E-state index contributed by atoms with van der Waals surface area (Å²) in [5.74, 6) is -0.500. The number of hydrogen-bond acceptors (Lipinski definition) is 3. The van der Waals surface area contributed by atoms with Gasteiger partial charge in [0.05, 0.1) is 19.2 Å². The summed E-state index contributed by atoms with van der Waals surface area (Å²) in [4.78, 5) is 30.4. The summed E-state index contributed by atoms with van der Waals surface area (Å²) in [5, 5.41) is 1.29. The maximum atomic E-state index is 12.1. The van der Waals surface area contributed by atoms with Crippen LogP contribution in [0.1, 0.15) is 13.3 Å². The van der Waals surface area contributed by atoms with Gasteiger partial charge in [0.2, 0.25) is 5.91 Å². The molecule has 1 fully saturated rings. The van der Waals surface area contributed by atoms with E-state index >= 15 is 0 Å². The monoisotopic (exact) mass is 251 g/mol. The zero-order valence-corrected chi connectivity index (χ0v) is 10.3. The molecule has 0 radical (unpaired) electrons. The minimum Gasteiger partial charge on any atom is -0.368 e. The molecule has 2 N–H and O–H groups in total. The number of carbonyl (C=O) groups is 2. The predicted molar refractivity (Wildman–Crippen MR) is 65.2 cm³/mol. The van der Waals surface area contributed by atoms with Gasteiger partial charge in [-0.2, -0.15) is 5.06 Å². The van der Waals surface area contributed by atoms with E-state index in [9.17, 15) is 9.59 Å². The molecule has 0 saturated carbocycles. The summed E-state index contributed by atoms with van der Waals surface area (Å²) in [7, 11) is 0. The standard InChI is InChI=1S/C12H17N3O3/c1-3-5-18-15-9-6-8(4-2)10(11(13)16)14(7-9)12(15)17/h3,6,9-10H,1,4-5,7H2,2H3,(H2,13,16)/t9-,10+/m1/s1. The number of nitrogens with zero attached hydrogens (tertiary/aromatic N) is 2. The van der Waals surface area contributed by atoms with Gasteiger partial charge in [0.25, 0.3) is 0 Å². The molecule has 2 bridgehead atoms. The van der Waals surface area contributed by atoms with E-state index in [1.807, 2.05) is 13.0 Å². The molecule has 2 rings (SSSR count). The lowest BCUT2D eigenvalue weighted by atomic mass is 9.96. The molecule has 18 heavy (non-hydrogen) atoms. The third-order valence-electron chi connectivity index (χ3n) is 3.20. The Balaban J connectivity index is 2.27. The van der Waals surface area contributed by atoms with Gasteiger partial charge in [-0.05, 0) is 12.0 Å². The molecule has 6 heteroatoms. The highest BCUT2D eigenvalue weighted by atomic mass is 16.7. The van der Waals surface area contributed by atoms with Crippen molar-refractivity contribution in [1.29, 1.82) is 0 Å². The van der Waals surface area contributed by atoms with Crippen molar-refractivity contribution in [2.45, 2.75) is 25.4 Å². The number of hydrogen-bond donors (Lipinski definition) is 1. The minimum atomic E-state index is -0.643. The van der Waals surface area contributed by atoms with Crippen molar-refractivity contribution in [2.24, 2.45) is 5.73 Å². The zero-order valence-electron chi connectivity index (χ0n) is 10.3. The van der Waals surface area contributed by atoms with E-state index in [1.54, 1.807) is 6.08 Å². The van der Waals surface area contributed by atoms with Gasteiger partial charge in [0.1, 0.15) is 6.04 Å². The average Bonchev–Trinajstić information content (AvgIpc) is 2.59. The third kappa shape index (κ3) is 1.88. The molecular weight excluding hydrogens is 234 g/mol. The van der Waals surface area contributed by atoms with Crippen LogP contribution in [0, 0.1) is 0 Å². The molecule has 0 aliphatic carbocycles. The number of fused-ring (bicyclic) bond motifs is 2. The molecule has 0 aromatic rings. The second kappa shape index (κ2) is 4.81. The molecule has 0 spiro atoms. The third-order valence-corrected chi connectivity index (χ3v) is 3.20. The van der Waals surface area contributed by atoms with Crippen LogP contribution in [0.5, 0.6) is 0 Å². The SMILES string of the molecule is C=CCON1C(=O)N2C[C@H]1C=C(CC)[C@H]2C(N)=O. The van der Waals surface area contributed by atoms with Crippen LogP contribution in [0.3, 0.4) is 0 Å². The van der Waals surface area contributed by atoms with E-state index in [-0.39, 0.29) is 18.7 Å². The fourth-order valence-electron chi connectivity index (χ4n) is 2.43. The first-order valence-electron chi connectivity index (χ1n) is 5.93. The Hall–Kier alpha value is -1.82. The van der Waals surface area contributed by atoms with E-state index in [2.05, 4.69) is 6.58 Å². The van der Waals surface area contributed by atoms with Crippen LogP contribution in [0.15, 0.2) is 24.3 Å². The molecule has 0 aromatic carbocycles. The Morgan fingerprint density at radius 1 is 1.72 bits per heavy atom. The lowest BCUT2D eigenvalue weighted by molar-refractivity contribution is -0.121. The quantitative estimate of drug-likeness (QED) is 0.719. The van der Waals surface area contributed by atoms with Crippen molar-refractivity contribution < 1.29 is 14.4 Å². The summed E-state index contributed by atoms with van der Waals surface area (Å²) in [6.07, 6.45) is 4.16. The van der Waals surface area contributed by atoms with Crippen LogP contribution < -0.4 is 5.73 Å². The van der Waals surface area contributed by atoms with Crippen LogP contribution in [-0.2, 0) is 9.63 Å². The smallest absolute Gasteiger partial charge is 0.345 e. The fourth-order valence-corrected chi connectivity index (χ4v) is 2.43. The van der Waals surface area contributed by atoms with Gasteiger partial charge in [-0.15, -0.1) is 6.58 Å². The lowest BCUT2D eigenvalue weighted by Gasteiger charge is -2.28. The summed E-state index contributed by atoms with van der Waals surface area (Å²) in [5.41, 5.74) is 6.25. The van der Waals surface area contributed by atoms with Crippen LogP contribution in [-0.4, -0.2) is 47.1 Å². The van der Waals surface area contributed by atoms with Gasteiger partial charge >= 0.3 is 6.03 Å². The number of rotatable bonds is 5. The Labute approximate surface area is 106 Å². The fraction of sp³-hybridized carbons (Fsp3) is 0.500. The maximum Gasteiger partial charge on any atom is 0.345 e. The number of hydroxylamine groups is 2. The van der Waals surface area contributed by atoms with Crippen LogP contribution in [0.2, 0.25) is 0 Å². The first kappa shape index (κ1) is 12.6. The van der Waals surface area contributed by atoms with Crippen LogP contribution in [0.25, 0.3) is 0 Å². The summed E-state index contributed by atoms with van der Waals surface area (Å²) in [6, 6.07) is -1.11. The Morgan fingerprint density at radius 2 is 2.44 bits per heavy atom. The van der Waals surface area contributed by atoms with Crippen LogP contribution in [0.4, 0.5) is 4.79 Å². The van der Waals surface area contributed by atoms with Gasteiger partial charge < -0.3 is 10.6 Å². The highest BCUT2D eigenvalue weighted by molar-refractivity contribution is 5.90. The molecule has 2 aliphatic rings. The van der Waals surface area contributed by atoms with E-state index < -0.39 is 11.9 Å². The number of carbonyl (C=O) groups excluding carboxylic acids is 2. The van der Waals surface area contributed by atoms with Crippen molar-refractivity contribution in [3.05, 3.63) is 24.3 Å². The van der Waals surface area contributed by atoms with Crippen molar-refractivity contribution >= 4 is 11.9 Å². The molecule has 0 aromatic heterocycles. The lowest BCUT2D eigenvalue weighted by Crippen LogP contribution is -2.48. The maximum absolute atomic E-state index is 12.1. The molecule has 6 nitrogen and oxygen atoms in total.